The van der Waals surface area contributed by atoms with E-state index in [1.54, 1.807) is 0 Å². The molecule has 0 unspecified atom stereocenters. The van der Waals surface area contributed by atoms with Crippen LogP contribution in [0.5, 0.6) is 0 Å². The fourth-order valence-electron chi connectivity index (χ4n) is 0. The Morgan fingerprint density at radius 3 is 0.714 bits per heavy atom. The van der Waals surface area contributed by atoms with Crippen molar-refractivity contribution in [3.05, 3.63) is 0 Å². The molecule has 0 heterocycles. The molecule has 0 aromatic heterocycles. The molecule has 7 heteroatoms. The van der Waals surface area contributed by atoms with Crippen LogP contribution in [0.3, 0.4) is 0 Å². The van der Waals surface area contributed by atoms with Gasteiger partial charge in [-0.15, -0.1) is 0 Å². The van der Waals surface area contributed by atoms with Crippen LogP contribution >= 0.6 is 0 Å². The molecule has 0 N–H and O–H groups in total. The van der Waals surface area contributed by atoms with Gasteiger partial charge in [-0.3, -0.25) is 0 Å². The van der Waals surface area contributed by atoms with E-state index in [9.17, 15) is 0 Å². The van der Waals surface area contributed by atoms with Gasteiger partial charge in [0.1, 0.15) is 0 Å². The van der Waals surface area contributed by atoms with Crippen LogP contribution < -0.4 is 0 Å². The summed E-state index contributed by atoms with van der Waals surface area (Å²) in [4.78, 5) is 0. The van der Waals surface area contributed by atoms with Gasteiger partial charge in [-0.1, -0.05) is 0 Å². The fraction of sp³-hybridized carbons (Fsp3) is 0. The van der Waals surface area contributed by atoms with E-state index in [1.807, 2.05) is 0 Å². The summed E-state index contributed by atoms with van der Waals surface area (Å²) in [5.74, 6) is 0. The summed E-state index contributed by atoms with van der Waals surface area (Å²) in [6.07, 6.45) is 0. The maximum atomic E-state index is 8.22. The van der Waals surface area contributed by atoms with E-state index >= 15 is 0 Å². The quantitative estimate of drug-likeness (QED) is 0.334. The summed E-state index contributed by atoms with van der Waals surface area (Å²) in [7, 11) is 0. The molecule has 56 valence electrons. The van der Waals surface area contributed by atoms with Gasteiger partial charge in [-0.2, -0.15) is 0 Å². The molecule has 0 radical (unpaired) electrons. The Morgan fingerprint density at radius 1 is 0.714 bits per heavy atom. The van der Waals surface area contributed by atoms with Gasteiger partial charge in [-0.25, -0.2) is 0 Å². The average Bonchev–Trinajstić information content (AvgIpc) is 1.81. The zero-order valence-corrected chi connectivity index (χ0v) is 8.99. The van der Waals surface area contributed by atoms with Gasteiger partial charge in [0.2, 0.25) is 0 Å². The molecule has 0 aliphatic carbocycles. The van der Waals surface area contributed by atoms with Crippen LogP contribution in [0.2, 0.25) is 0 Å². The van der Waals surface area contributed by atoms with Gasteiger partial charge in [-0.05, 0) is 0 Å². The van der Waals surface area contributed by atoms with Crippen molar-refractivity contribution in [1.82, 2.24) is 0 Å². The van der Waals surface area contributed by atoms with E-state index in [2.05, 4.69) is 0 Å². The first-order valence-electron chi connectivity index (χ1n) is 0.387. The van der Waals surface area contributed by atoms with E-state index < -0.39 is 0 Å². The Hall–Kier alpha value is 2.46. The molecule has 0 aromatic rings. The van der Waals surface area contributed by atoms with Crippen LogP contribution in [0.25, 0.3) is 0 Å². The molecular formula is H7NaO3Pt3. The Balaban J connectivity index is -0.00000000102. The Bertz CT molecular complexity index is 27.8. The van der Waals surface area contributed by atoms with Gasteiger partial charge in [0, 0.05) is 0 Å². The van der Waals surface area contributed by atoms with Crippen LogP contribution in [0.1, 0.15) is 8.56 Å². The Labute approximate surface area is 106 Å². The molecule has 0 amide bonds. The topological polar surface area (TPSA) is 51.2 Å². The first-order chi connectivity index (χ1) is 3.00. The van der Waals surface area contributed by atoms with Crippen molar-refractivity contribution in [2.24, 2.45) is 0 Å². The first kappa shape index (κ1) is 22.7. The summed E-state index contributed by atoms with van der Waals surface area (Å²) in [6.45, 7) is 0. The molecular weight excluding hydrogens is 656 g/mol. The Morgan fingerprint density at radius 2 is 0.714 bits per heavy atom. The van der Waals surface area contributed by atoms with E-state index in [0.29, 0.717) is 0 Å². The van der Waals surface area contributed by atoms with Crippen molar-refractivity contribution in [2.45, 2.75) is 0 Å². The molecule has 7 heavy (non-hydrogen) atoms. The number of hydrogen-bond acceptors (Lipinski definition) is 3. The second-order valence-corrected chi connectivity index (χ2v) is 0. The molecule has 0 spiro atoms. The maximum absolute atomic E-state index is 8.22. The molecule has 0 aliphatic heterocycles. The summed E-state index contributed by atoms with van der Waals surface area (Å²) in [6, 6.07) is 0. The van der Waals surface area contributed by atoms with E-state index in [-0.39, 0.29) is 38.1 Å². The van der Waals surface area contributed by atoms with Crippen LogP contribution in [-0.2, 0) is 69.5 Å². The third-order valence-corrected chi connectivity index (χ3v) is 0. The van der Waals surface area contributed by atoms with Crippen molar-refractivity contribution in [3.8, 4) is 0 Å². The van der Waals surface area contributed by atoms with Crippen molar-refractivity contribution >= 4 is 29.6 Å². The van der Waals surface area contributed by atoms with Crippen molar-refractivity contribution < 1.29 is 78.1 Å². The van der Waals surface area contributed by atoms with Gasteiger partial charge >= 0.3 is 108 Å². The second-order valence-electron chi connectivity index (χ2n) is 0. The Kier molecular flexibility index (Phi) is 252. The number of hydrogen-bond donors (Lipinski definition) is 0. The predicted octanol–water partition coefficient (Wildman–Crippen LogP) is -0.337. The summed E-state index contributed by atoms with van der Waals surface area (Å²) in [5, 5.41) is 0. The SMILES string of the molecule is [H+].[H+].[H+].[H+].[H+].[H+].[NaH].[O]=[Pt-2].[O]=[Pt-2].[O]=[Pt-2]. The zero-order chi connectivity index (χ0) is 6.00. The molecule has 0 aliphatic rings. The van der Waals surface area contributed by atoms with Crippen LogP contribution in [0, 0.1) is 0 Å². The summed E-state index contributed by atoms with van der Waals surface area (Å²) in [5.41, 5.74) is 0. The van der Waals surface area contributed by atoms with Crippen molar-refractivity contribution in [1.29, 1.82) is 0 Å². The third-order valence-electron chi connectivity index (χ3n) is 0. The summed E-state index contributed by atoms with van der Waals surface area (Å²) >= 11 is 2.67. The van der Waals surface area contributed by atoms with Gasteiger partial charge < -0.3 is 0 Å². The molecule has 0 atom stereocenters. The third kappa shape index (κ3) is 58.2. The minimum atomic E-state index is 0. The molecule has 0 aromatic carbocycles. The van der Waals surface area contributed by atoms with Gasteiger partial charge in [0.05, 0.1) is 0 Å². The predicted molar refractivity (Wildman–Crippen MR) is 15.9 cm³/mol. The number of rotatable bonds is 0. The molecule has 0 saturated heterocycles. The van der Waals surface area contributed by atoms with Crippen LogP contribution in [0.4, 0.5) is 0 Å². The molecule has 0 bridgehead atoms. The minimum absolute atomic E-state index is 0. The standard InChI is InChI=1S/Na.3O.3Pt.H/q;;;;3*-2;/p+6. The molecule has 3 nitrogen and oxygen atoms in total. The first-order valence-corrected chi connectivity index (χ1v) is 3.17. The normalized spacial score (nSPS) is 2.57. The van der Waals surface area contributed by atoms with Crippen molar-refractivity contribution in [3.63, 3.8) is 0 Å². The second kappa shape index (κ2) is 77.6. The van der Waals surface area contributed by atoms with E-state index in [0.717, 1.165) is 59.3 Å². The summed E-state index contributed by atoms with van der Waals surface area (Å²) < 4.78 is 24.7. The van der Waals surface area contributed by atoms with Gasteiger partial charge in [0.15, 0.2) is 0 Å². The average molecular weight is 663 g/mol. The zero-order valence-electron chi connectivity index (χ0n) is 8.17. The monoisotopic (exact) mass is 663 g/mol. The van der Waals surface area contributed by atoms with E-state index in [1.165, 1.54) is 0 Å². The van der Waals surface area contributed by atoms with E-state index in [4.69, 9.17) is 10.2 Å². The molecule has 0 saturated carbocycles. The fourth-order valence-corrected chi connectivity index (χ4v) is 0. The van der Waals surface area contributed by atoms with Crippen LogP contribution in [0.15, 0.2) is 0 Å². The van der Waals surface area contributed by atoms with Crippen LogP contribution in [-0.4, -0.2) is 29.6 Å². The molecule has 0 fully saturated rings. The molecule has 0 rings (SSSR count). The van der Waals surface area contributed by atoms with Crippen molar-refractivity contribution in [2.75, 3.05) is 0 Å². The van der Waals surface area contributed by atoms with Gasteiger partial charge in [0.25, 0.3) is 0 Å².